The number of guanidine groups is 1. The van der Waals surface area contributed by atoms with Crippen molar-refractivity contribution in [3.05, 3.63) is 30.3 Å². The van der Waals surface area contributed by atoms with Gasteiger partial charge in [-0.05, 0) is 31.9 Å². The van der Waals surface area contributed by atoms with Gasteiger partial charge in [0.25, 0.3) is 0 Å². The van der Waals surface area contributed by atoms with Crippen LogP contribution >= 0.6 is 0 Å². The molecule has 5 heteroatoms. The molecule has 0 aliphatic carbocycles. The van der Waals surface area contributed by atoms with Crippen LogP contribution in [0.1, 0.15) is 27.7 Å². The fraction of sp³-hybridized carbons (Fsp3) is 0.562. The molecule has 4 nitrogen and oxygen atoms in total. The number of hydrogen-bond donors (Lipinski definition) is 2. The van der Waals surface area contributed by atoms with Crippen LogP contribution in [0.25, 0.3) is 0 Å². The van der Waals surface area contributed by atoms with Gasteiger partial charge in [-0.3, -0.25) is 9.20 Å². The van der Waals surface area contributed by atoms with E-state index in [4.69, 9.17) is 0 Å². The average Bonchev–Trinajstić information content (AvgIpc) is 2.48. The highest BCUT2D eigenvalue weighted by molar-refractivity contribution is 7.85. The van der Waals surface area contributed by atoms with E-state index in [0.29, 0.717) is 24.3 Å². The lowest BCUT2D eigenvalue weighted by molar-refractivity contribution is 0.481. The molecule has 0 aliphatic heterocycles. The van der Waals surface area contributed by atoms with Gasteiger partial charge in [-0.1, -0.05) is 32.0 Å². The van der Waals surface area contributed by atoms with Crippen LogP contribution in [0.4, 0.5) is 0 Å². The Morgan fingerprint density at radius 2 is 1.90 bits per heavy atom. The van der Waals surface area contributed by atoms with Gasteiger partial charge in [0.1, 0.15) is 0 Å². The summed E-state index contributed by atoms with van der Waals surface area (Å²) in [5.41, 5.74) is 0. The predicted molar refractivity (Wildman–Crippen MR) is 91.1 cm³/mol. The van der Waals surface area contributed by atoms with E-state index < -0.39 is 10.8 Å². The Morgan fingerprint density at radius 3 is 2.48 bits per heavy atom. The summed E-state index contributed by atoms with van der Waals surface area (Å²) in [6.07, 6.45) is 0. The van der Waals surface area contributed by atoms with Crippen LogP contribution in [0.2, 0.25) is 0 Å². The molecule has 2 atom stereocenters. The number of rotatable bonds is 7. The van der Waals surface area contributed by atoms with Gasteiger partial charge in [-0.2, -0.15) is 0 Å². The molecule has 0 aromatic heterocycles. The second kappa shape index (κ2) is 9.55. The summed E-state index contributed by atoms with van der Waals surface area (Å²) in [6, 6.07) is 9.88. The highest BCUT2D eigenvalue weighted by Gasteiger charge is 2.09. The lowest BCUT2D eigenvalue weighted by Gasteiger charge is -2.20. The summed E-state index contributed by atoms with van der Waals surface area (Å²) in [7, 11) is -0.988. The van der Waals surface area contributed by atoms with Gasteiger partial charge < -0.3 is 10.6 Å². The first kappa shape index (κ1) is 17.7. The monoisotopic (exact) mass is 309 g/mol. The minimum atomic E-state index is -0.988. The van der Waals surface area contributed by atoms with Crippen LogP contribution in [0, 0.1) is 5.92 Å². The standard InChI is InChI=1S/C16H27N3OS/c1-5-17-16(19-14(4)13(2)3)18-11-12-21(20)15-9-7-6-8-10-15/h6-10,13-14H,5,11-12H2,1-4H3,(H2,17,18,19). The fourth-order valence-corrected chi connectivity index (χ4v) is 2.59. The van der Waals surface area contributed by atoms with E-state index in [-0.39, 0.29) is 0 Å². The third-order valence-corrected chi connectivity index (χ3v) is 4.61. The molecule has 1 aromatic rings. The van der Waals surface area contributed by atoms with E-state index in [1.807, 2.05) is 37.3 Å². The Morgan fingerprint density at radius 1 is 1.24 bits per heavy atom. The van der Waals surface area contributed by atoms with Crippen molar-refractivity contribution >= 4 is 16.8 Å². The molecular formula is C16H27N3OS. The lowest BCUT2D eigenvalue weighted by Crippen LogP contribution is -2.44. The topological polar surface area (TPSA) is 53.5 Å². The van der Waals surface area contributed by atoms with Crippen molar-refractivity contribution in [1.82, 2.24) is 10.6 Å². The first-order chi connectivity index (χ1) is 10.0. The minimum Gasteiger partial charge on any atom is -0.357 e. The van der Waals surface area contributed by atoms with Gasteiger partial charge >= 0.3 is 0 Å². The van der Waals surface area contributed by atoms with E-state index >= 15 is 0 Å². The van der Waals surface area contributed by atoms with Crippen molar-refractivity contribution in [2.24, 2.45) is 10.9 Å². The molecule has 2 unspecified atom stereocenters. The average molecular weight is 309 g/mol. The molecule has 0 bridgehead atoms. The number of nitrogens with zero attached hydrogens (tertiary/aromatic N) is 1. The van der Waals surface area contributed by atoms with Gasteiger partial charge in [0.15, 0.2) is 5.96 Å². The lowest BCUT2D eigenvalue weighted by atomic mass is 10.1. The van der Waals surface area contributed by atoms with Crippen molar-refractivity contribution in [2.45, 2.75) is 38.6 Å². The van der Waals surface area contributed by atoms with Crippen LogP contribution < -0.4 is 10.6 Å². The number of nitrogens with one attached hydrogen (secondary N) is 2. The van der Waals surface area contributed by atoms with E-state index in [0.717, 1.165) is 17.4 Å². The van der Waals surface area contributed by atoms with E-state index in [1.165, 1.54) is 0 Å². The Balaban J connectivity index is 2.52. The van der Waals surface area contributed by atoms with Crippen LogP contribution in [0.5, 0.6) is 0 Å². The molecule has 0 amide bonds. The van der Waals surface area contributed by atoms with Gasteiger partial charge in [0, 0.05) is 23.2 Å². The van der Waals surface area contributed by atoms with Crippen molar-refractivity contribution < 1.29 is 4.21 Å². The highest BCUT2D eigenvalue weighted by Crippen LogP contribution is 2.05. The van der Waals surface area contributed by atoms with Crippen LogP contribution in [0.15, 0.2) is 40.2 Å². The third-order valence-electron chi connectivity index (χ3n) is 3.26. The zero-order valence-corrected chi connectivity index (χ0v) is 14.2. The largest absolute Gasteiger partial charge is 0.357 e. The molecule has 0 aliphatic rings. The Labute approximate surface area is 130 Å². The smallest absolute Gasteiger partial charge is 0.191 e. The molecule has 0 fully saturated rings. The van der Waals surface area contributed by atoms with Crippen molar-refractivity contribution in [2.75, 3.05) is 18.8 Å². The summed E-state index contributed by atoms with van der Waals surface area (Å²) < 4.78 is 12.1. The molecule has 0 spiro atoms. The third kappa shape index (κ3) is 6.76. The zero-order chi connectivity index (χ0) is 15.7. The molecular weight excluding hydrogens is 282 g/mol. The number of benzene rings is 1. The first-order valence-corrected chi connectivity index (χ1v) is 8.84. The normalized spacial score (nSPS) is 14.8. The second-order valence-corrected chi connectivity index (χ2v) is 6.87. The SMILES string of the molecule is CCNC(=NCCS(=O)c1ccccc1)NC(C)C(C)C. The van der Waals surface area contributed by atoms with Gasteiger partial charge in [0.2, 0.25) is 0 Å². The zero-order valence-electron chi connectivity index (χ0n) is 13.4. The molecule has 0 saturated heterocycles. The summed E-state index contributed by atoms with van der Waals surface area (Å²) in [4.78, 5) is 5.36. The molecule has 2 N–H and O–H groups in total. The Bertz CT molecular complexity index is 460. The van der Waals surface area contributed by atoms with E-state index in [2.05, 4.69) is 36.4 Å². The Hall–Kier alpha value is -1.36. The van der Waals surface area contributed by atoms with Crippen molar-refractivity contribution in [3.63, 3.8) is 0 Å². The maximum absolute atomic E-state index is 12.1. The molecule has 0 saturated carbocycles. The molecule has 1 aromatic carbocycles. The minimum absolute atomic E-state index is 0.349. The Kier molecular flexibility index (Phi) is 8.05. The molecule has 0 radical (unpaired) electrons. The highest BCUT2D eigenvalue weighted by atomic mass is 32.2. The van der Waals surface area contributed by atoms with Crippen LogP contribution in [-0.4, -0.2) is 35.1 Å². The van der Waals surface area contributed by atoms with Crippen molar-refractivity contribution in [3.8, 4) is 0 Å². The quantitative estimate of drug-likeness (QED) is 0.601. The maximum Gasteiger partial charge on any atom is 0.191 e. The molecule has 21 heavy (non-hydrogen) atoms. The van der Waals surface area contributed by atoms with Crippen molar-refractivity contribution in [1.29, 1.82) is 0 Å². The first-order valence-electron chi connectivity index (χ1n) is 7.52. The van der Waals surface area contributed by atoms with Gasteiger partial charge in [0.05, 0.1) is 17.3 Å². The van der Waals surface area contributed by atoms with Crippen LogP contribution in [-0.2, 0) is 10.8 Å². The maximum atomic E-state index is 12.1. The molecule has 1 rings (SSSR count). The summed E-state index contributed by atoms with van der Waals surface area (Å²) in [5, 5.41) is 6.59. The summed E-state index contributed by atoms with van der Waals surface area (Å²) in [6.45, 7) is 9.89. The van der Waals surface area contributed by atoms with Gasteiger partial charge in [-0.15, -0.1) is 0 Å². The predicted octanol–water partition coefficient (Wildman–Crippen LogP) is 2.39. The molecule has 118 valence electrons. The summed E-state index contributed by atoms with van der Waals surface area (Å²) >= 11 is 0. The van der Waals surface area contributed by atoms with Crippen LogP contribution in [0.3, 0.4) is 0 Å². The summed E-state index contributed by atoms with van der Waals surface area (Å²) in [5.74, 6) is 1.87. The second-order valence-electron chi connectivity index (χ2n) is 5.30. The van der Waals surface area contributed by atoms with E-state index in [1.54, 1.807) is 0 Å². The molecule has 0 heterocycles. The van der Waals surface area contributed by atoms with Gasteiger partial charge in [-0.25, -0.2) is 0 Å². The number of hydrogen-bond acceptors (Lipinski definition) is 2. The fourth-order valence-electron chi connectivity index (χ4n) is 1.63. The number of aliphatic imine (C=N–C) groups is 1. The van der Waals surface area contributed by atoms with E-state index in [9.17, 15) is 4.21 Å².